The van der Waals surface area contributed by atoms with Crippen LogP contribution in [-0.4, -0.2) is 23.1 Å². The van der Waals surface area contributed by atoms with Gasteiger partial charge in [0.1, 0.15) is 6.10 Å². The van der Waals surface area contributed by atoms with Gasteiger partial charge in [0.05, 0.1) is 0 Å². The summed E-state index contributed by atoms with van der Waals surface area (Å²) in [7, 11) is 0. The Kier molecular flexibility index (Phi) is 8.58. The predicted molar refractivity (Wildman–Crippen MR) is 61.2 cm³/mol. The van der Waals surface area contributed by atoms with Crippen LogP contribution in [0.1, 0.15) is 58.8 Å². The van der Waals surface area contributed by atoms with Gasteiger partial charge in [-0.2, -0.15) is 0 Å². The molecule has 0 aromatic carbocycles. The Labute approximate surface area is 97.0 Å². The molecule has 16 heavy (non-hydrogen) atoms. The van der Waals surface area contributed by atoms with Crippen molar-refractivity contribution in [3.05, 3.63) is 0 Å². The largest absolute Gasteiger partial charge is 0.473 e. The van der Waals surface area contributed by atoms with Crippen LogP contribution >= 0.6 is 0 Å². The lowest BCUT2D eigenvalue weighted by Crippen LogP contribution is -2.24. The molecule has 0 amide bonds. The van der Waals surface area contributed by atoms with Crippen molar-refractivity contribution in [2.45, 2.75) is 64.9 Å². The van der Waals surface area contributed by atoms with Gasteiger partial charge in [-0.3, -0.25) is 0 Å². The Balaban J connectivity index is 3.98. The molecule has 0 saturated carbocycles. The van der Waals surface area contributed by atoms with Crippen LogP contribution < -0.4 is 0 Å². The first-order valence-corrected chi connectivity index (χ1v) is 6.05. The number of aliphatic carboxylic acids is 1. The van der Waals surface area contributed by atoms with Crippen LogP contribution in [0.5, 0.6) is 0 Å². The van der Waals surface area contributed by atoms with Crippen LogP contribution in [-0.2, 0) is 14.3 Å². The van der Waals surface area contributed by atoms with E-state index in [2.05, 4.69) is 13.8 Å². The van der Waals surface area contributed by atoms with Crippen LogP contribution in [0, 0.1) is 0 Å². The minimum Gasteiger partial charge on any atom is -0.473 e. The highest BCUT2D eigenvalue weighted by Gasteiger charge is 2.19. The first-order valence-electron chi connectivity index (χ1n) is 6.05. The number of hydrogen-bond donors (Lipinski definition) is 1. The lowest BCUT2D eigenvalue weighted by Gasteiger charge is -2.16. The van der Waals surface area contributed by atoms with Crippen molar-refractivity contribution in [1.29, 1.82) is 0 Å². The smallest absolute Gasteiger partial charge is 0.417 e. The Morgan fingerprint density at radius 1 is 1.06 bits per heavy atom. The Morgan fingerprint density at radius 2 is 1.62 bits per heavy atom. The van der Waals surface area contributed by atoms with Gasteiger partial charge in [-0.25, -0.2) is 9.59 Å². The molecule has 1 N–H and O–H groups in total. The summed E-state index contributed by atoms with van der Waals surface area (Å²) in [5.74, 6) is -2.63. The molecular weight excluding hydrogens is 208 g/mol. The fraction of sp³-hybridized carbons (Fsp3) is 0.833. The lowest BCUT2D eigenvalue weighted by molar-refractivity contribution is -0.167. The number of ether oxygens (including phenoxy) is 1. The van der Waals surface area contributed by atoms with Crippen LogP contribution in [0.4, 0.5) is 0 Å². The van der Waals surface area contributed by atoms with Crippen LogP contribution in [0.15, 0.2) is 0 Å². The van der Waals surface area contributed by atoms with Crippen molar-refractivity contribution in [1.82, 2.24) is 0 Å². The van der Waals surface area contributed by atoms with Gasteiger partial charge in [0.25, 0.3) is 0 Å². The minimum atomic E-state index is -1.50. The molecule has 0 spiro atoms. The Hall–Kier alpha value is -1.06. The zero-order valence-electron chi connectivity index (χ0n) is 10.2. The third-order valence-corrected chi connectivity index (χ3v) is 2.46. The van der Waals surface area contributed by atoms with E-state index in [1.165, 1.54) is 0 Å². The van der Waals surface area contributed by atoms with E-state index >= 15 is 0 Å². The van der Waals surface area contributed by atoms with Crippen molar-refractivity contribution >= 4 is 11.9 Å². The van der Waals surface area contributed by atoms with Gasteiger partial charge in [0.2, 0.25) is 0 Å². The van der Waals surface area contributed by atoms with E-state index in [1.54, 1.807) is 0 Å². The number of carbonyl (C=O) groups excluding carboxylic acids is 1. The summed E-state index contributed by atoms with van der Waals surface area (Å²) < 4.78 is 4.92. The second kappa shape index (κ2) is 9.19. The van der Waals surface area contributed by atoms with E-state index in [9.17, 15) is 9.59 Å². The van der Waals surface area contributed by atoms with Crippen LogP contribution in [0.3, 0.4) is 0 Å². The van der Waals surface area contributed by atoms with E-state index in [0.29, 0.717) is 0 Å². The highest BCUT2D eigenvalue weighted by atomic mass is 16.6. The third-order valence-electron chi connectivity index (χ3n) is 2.46. The van der Waals surface area contributed by atoms with E-state index < -0.39 is 11.9 Å². The fourth-order valence-corrected chi connectivity index (χ4v) is 1.52. The molecule has 0 aromatic heterocycles. The second-order valence-electron chi connectivity index (χ2n) is 3.97. The van der Waals surface area contributed by atoms with E-state index in [4.69, 9.17) is 9.84 Å². The maximum Gasteiger partial charge on any atom is 0.417 e. The standard InChI is InChI=1S/C12H22O4/c1-3-5-7-9-10(8-6-4-2)16-12(15)11(13)14/h10H,3-9H2,1-2H3,(H,13,14). The second-order valence-corrected chi connectivity index (χ2v) is 3.97. The topological polar surface area (TPSA) is 63.6 Å². The molecule has 0 aromatic rings. The van der Waals surface area contributed by atoms with E-state index in [0.717, 1.165) is 44.9 Å². The average Bonchev–Trinajstić information content (AvgIpc) is 2.25. The molecule has 0 saturated heterocycles. The van der Waals surface area contributed by atoms with Gasteiger partial charge in [0.15, 0.2) is 0 Å². The third kappa shape index (κ3) is 7.26. The lowest BCUT2D eigenvalue weighted by atomic mass is 10.1. The first-order chi connectivity index (χ1) is 7.61. The molecule has 0 radical (unpaired) electrons. The van der Waals surface area contributed by atoms with Gasteiger partial charge in [-0.05, 0) is 19.3 Å². The van der Waals surface area contributed by atoms with Crippen molar-refractivity contribution in [2.75, 3.05) is 0 Å². The summed E-state index contributed by atoms with van der Waals surface area (Å²) in [6, 6.07) is 0. The molecule has 0 aliphatic carbocycles. The maximum absolute atomic E-state index is 10.9. The van der Waals surface area contributed by atoms with Gasteiger partial charge < -0.3 is 9.84 Å². The average molecular weight is 230 g/mol. The van der Waals surface area contributed by atoms with Crippen LogP contribution in [0.25, 0.3) is 0 Å². The molecule has 1 unspecified atom stereocenters. The molecule has 0 aliphatic rings. The molecule has 0 fully saturated rings. The molecule has 0 bridgehead atoms. The number of carbonyl (C=O) groups is 2. The Morgan fingerprint density at radius 3 is 2.12 bits per heavy atom. The number of hydrogen-bond acceptors (Lipinski definition) is 3. The highest BCUT2D eigenvalue weighted by molar-refractivity contribution is 6.28. The molecule has 0 aliphatic heterocycles. The minimum absolute atomic E-state index is 0.227. The molecular formula is C12H22O4. The van der Waals surface area contributed by atoms with Crippen molar-refractivity contribution < 1.29 is 19.4 Å². The molecule has 0 heterocycles. The monoisotopic (exact) mass is 230 g/mol. The van der Waals surface area contributed by atoms with Crippen molar-refractivity contribution in [2.24, 2.45) is 0 Å². The van der Waals surface area contributed by atoms with Gasteiger partial charge in [-0.15, -0.1) is 0 Å². The highest BCUT2D eigenvalue weighted by Crippen LogP contribution is 2.13. The number of carboxylic acids is 1. The summed E-state index contributed by atoms with van der Waals surface area (Å²) in [4.78, 5) is 21.3. The molecule has 4 nitrogen and oxygen atoms in total. The predicted octanol–water partition coefficient (Wildman–Crippen LogP) is 2.75. The van der Waals surface area contributed by atoms with Crippen molar-refractivity contribution in [3.63, 3.8) is 0 Å². The van der Waals surface area contributed by atoms with Gasteiger partial charge >= 0.3 is 11.9 Å². The van der Waals surface area contributed by atoms with E-state index in [1.807, 2.05) is 0 Å². The molecule has 1 atom stereocenters. The fourth-order valence-electron chi connectivity index (χ4n) is 1.52. The number of unbranched alkanes of at least 4 members (excludes halogenated alkanes) is 3. The normalized spacial score (nSPS) is 12.1. The zero-order valence-corrected chi connectivity index (χ0v) is 10.2. The van der Waals surface area contributed by atoms with Gasteiger partial charge in [-0.1, -0.05) is 39.5 Å². The summed E-state index contributed by atoms with van der Waals surface area (Å²) in [6.45, 7) is 4.16. The van der Waals surface area contributed by atoms with Crippen LogP contribution in [0.2, 0.25) is 0 Å². The molecule has 0 rings (SSSR count). The van der Waals surface area contributed by atoms with E-state index in [-0.39, 0.29) is 6.10 Å². The maximum atomic E-state index is 10.9. The molecule has 94 valence electrons. The Bertz CT molecular complexity index is 213. The number of carboxylic acid groups (broad SMARTS) is 1. The summed E-state index contributed by atoms with van der Waals surface area (Å²) in [5, 5.41) is 8.45. The summed E-state index contributed by atoms with van der Waals surface area (Å²) in [6.07, 6.45) is 6.47. The van der Waals surface area contributed by atoms with Crippen molar-refractivity contribution in [3.8, 4) is 0 Å². The zero-order chi connectivity index (χ0) is 12.4. The summed E-state index contributed by atoms with van der Waals surface area (Å²) >= 11 is 0. The van der Waals surface area contributed by atoms with Gasteiger partial charge in [0, 0.05) is 0 Å². The SMILES string of the molecule is CCCCCC(CCCC)OC(=O)C(=O)O. The molecule has 4 heteroatoms. The number of esters is 1. The number of rotatable bonds is 8. The summed E-state index contributed by atoms with van der Waals surface area (Å²) in [5.41, 5.74) is 0. The quantitative estimate of drug-likeness (QED) is 0.395. The first kappa shape index (κ1) is 14.9.